The van der Waals surface area contributed by atoms with Crippen LogP contribution in [0.25, 0.3) is 0 Å². The van der Waals surface area contributed by atoms with E-state index in [4.69, 9.17) is 11.6 Å². The van der Waals surface area contributed by atoms with E-state index in [1.165, 1.54) is 6.07 Å². The van der Waals surface area contributed by atoms with Crippen LogP contribution < -0.4 is 0 Å². The van der Waals surface area contributed by atoms with Gasteiger partial charge in [0.25, 0.3) is 0 Å². The molecule has 88 valence electrons. The second kappa shape index (κ2) is 3.64. The summed E-state index contributed by atoms with van der Waals surface area (Å²) in [4.78, 5) is 0. The van der Waals surface area contributed by atoms with Gasteiger partial charge in [0.05, 0.1) is 11.2 Å². The smallest absolute Gasteiger partial charge is 0.390 e. The Morgan fingerprint density at radius 3 is 2.38 bits per heavy atom. The second-order valence-corrected chi connectivity index (χ2v) is 4.68. The Kier molecular flexibility index (Phi) is 2.67. The van der Waals surface area contributed by atoms with Gasteiger partial charge in [0.15, 0.2) is 0 Å². The Bertz CT molecular complexity index is 410. The molecule has 0 atom stereocenters. The highest BCUT2D eigenvalue weighted by Gasteiger charge is 2.40. The average Bonchev–Trinajstić information content (AvgIpc) is 2.80. The molecule has 0 radical (unpaired) electrons. The van der Waals surface area contributed by atoms with Crippen molar-refractivity contribution in [2.75, 3.05) is 0 Å². The Balaban J connectivity index is 2.29. The summed E-state index contributed by atoms with van der Waals surface area (Å²) in [5.74, 6) is 0. The van der Waals surface area contributed by atoms with E-state index in [1.54, 1.807) is 0 Å². The minimum Gasteiger partial charge on any atom is -0.390 e. The molecule has 0 aliphatic heterocycles. The fourth-order valence-corrected chi connectivity index (χ4v) is 1.87. The van der Waals surface area contributed by atoms with Crippen LogP contribution in [-0.2, 0) is 12.6 Å². The third-order valence-corrected chi connectivity index (χ3v) is 2.86. The number of halogens is 4. The Morgan fingerprint density at radius 1 is 1.25 bits per heavy atom. The van der Waals surface area contributed by atoms with Gasteiger partial charge in [-0.2, -0.15) is 13.2 Å². The largest absolute Gasteiger partial charge is 0.416 e. The monoisotopic (exact) mass is 250 g/mol. The van der Waals surface area contributed by atoms with Crippen molar-refractivity contribution >= 4 is 11.6 Å². The molecule has 2 rings (SSSR count). The van der Waals surface area contributed by atoms with Gasteiger partial charge in [-0.05, 0) is 36.6 Å². The van der Waals surface area contributed by atoms with Crippen LogP contribution in [-0.4, -0.2) is 10.7 Å². The zero-order valence-corrected chi connectivity index (χ0v) is 9.07. The van der Waals surface area contributed by atoms with Gasteiger partial charge >= 0.3 is 6.18 Å². The lowest BCUT2D eigenvalue weighted by molar-refractivity contribution is -0.137. The van der Waals surface area contributed by atoms with E-state index < -0.39 is 17.3 Å². The predicted molar refractivity (Wildman–Crippen MR) is 54.3 cm³/mol. The van der Waals surface area contributed by atoms with Crippen LogP contribution in [0.4, 0.5) is 13.2 Å². The van der Waals surface area contributed by atoms with Gasteiger partial charge in [-0.1, -0.05) is 11.6 Å². The van der Waals surface area contributed by atoms with Gasteiger partial charge in [-0.25, -0.2) is 0 Å². The van der Waals surface area contributed by atoms with Crippen molar-refractivity contribution in [1.82, 2.24) is 0 Å². The molecule has 1 fully saturated rings. The van der Waals surface area contributed by atoms with Crippen molar-refractivity contribution in [1.29, 1.82) is 0 Å². The summed E-state index contributed by atoms with van der Waals surface area (Å²) in [5.41, 5.74) is -1.15. The fraction of sp³-hybridized carbons (Fsp3) is 0.455. The molecule has 0 spiro atoms. The summed E-state index contributed by atoms with van der Waals surface area (Å²) in [5, 5.41) is 9.69. The van der Waals surface area contributed by atoms with Crippen LogP contribution in [0.1, 0.15) is 24.0 Å². The first kappa shape index (κ1) is 11.7. The summed E-state index contributed by atoms with van der Waals surface area (Å²) >= 11 is 5.62. The number of alkyl halides is 3. The molecule has 0 aromatic heterocycles. The number of hydrogen-bond donors (Lipinski definition) is 1. The molecular weight excluding hydrogens is 241 g/mol. The molecule has 1 aliphatic carbocycles. The molecule has 0 unspecified atom stereocenters. The van der Waals surface area contributed by atoms with Crippen LogP contribution in [0.3, 0.4) is 0 Å². The first-order chi connectivity index (χ1) is 7.28. The molecule has 1 nitrogen and oxygen atoms in total. The van der Waals surface area contributed by atoms with E-state index >= 15 is 0 Å². The molecule has 5 heteroatoms. The Morgan fingerprint density at radius 2 is 1.88 bits per heavy atom. The Labute approximate surface area is 95.8 Å². The number of benzene rings is 1. The molecule has 1 saturated carbocycles. The lowest BCUT2D eigenvalue weighted by Crippen LogP contribution is -2.12. The molecule has 0 saturated heterocycles. The summed E-state index contributed by atoms with van der Waals surface area (Å²) < 4.78 is 37.4. The van der Waals surface area contributed by atoms with E-state index in [0.717, 1.165) is 12.1 Å². The van der Waals surface area contributed by atoms with Gasteiger partial charge in [0, 0.05) is 11.4 Å². The van der Waals surface area contributed by atoms with Crippen LogP contribution in [0.15, 0.2) is 18.2 Å². The normalized spacial score (nSPS) is 18.6. The van der Waals surface area contributed by atoms with Gasteiger partial charge in [0.1, 0.15) is 0 Å². The maximum Gasteiger partial charge on any atom is 0.416 e. The fourth-order valence-electron chi connectivity index (χ4n) is 1.62. The maximum absolute atomic E-state index is 12.5. The summed E-state index contributed by atoms with van der Waals surface area (Å²) in [6.07, 6.45) is -2.88. The van der Waals surface area contributed by atoms with Crippen LogP contribution in [0.5, 0.6) is 0 Å². The van der Waals surface area contributed by atoms with E-state index in [2.05, 4.69) is 0 Å². The third-order valence-electron chi connectivity index (χ3n) is 2.65. The summed E-state index contributed by atoms with van der Waals surface area (Å²) in [7, 11) is 0. The quantitative estimate of drug-likeness (QED) is 0.853. The molecule has 0 bridgehead atoms. The van der Waals surface area contributed by atoms with Gasteiger partial charge in [0.2, 0.25) is 0 Å². The zero-order chi connectivity index (χ0) is 12.0. The molecule has 1 aromatic carbocycles. The predicted octanol–water partition coefficient (Wildman–Crippen LogP) is 3.43. The van der Waals surface area contributed by atoms with Crippen molar-refractivity contribution in [3.8, 4) is 0 Å². The number of aliphatic hydroxyl groups is 1. The summed E-state index contributed by atoms with van der Waals surface area (Å²) in [6.45, 7) is 0. The SMILES string of the molecule is OC1(Cc2cc(Cl)cc(C(F)(F)F)c2)CC1. The van der Waals surface area contributed by atoms with Crippen molar-refractivity contribution in [3.05, 3.63) is 34.3 Å². The maximum atomic E-state index is 12.5. The van der Waals surface area contributed by atoms with Crippen LogP contribution in [0.2, 0.25) is 5.02 Å². The van der Waals surface area contributed by atoms with Gasteiger partial charge in [-0.3, -0.25) is 0 Å². The molecule has 1 aromatic rings. The van der Waals surface area contributed by atoms with Crippen LogP contribution >= 0.6 is 11.6 Å². The second-order valence-electron chi connectivity index (χ2n) is 4.25. The first-order valence-corrected chi connectivity index (χ1v) is 5.25. The standard InChI is InChI=1S/C11H10ClF3O/c12-9-4-7(6-10(16)1-2-10)3-8(5-9)11(13,14)15/h3-5,16H,1-2,6H2. The summed E-state index contributed by atoms with van der Waals surface area (Å²) in [6, 6.07) is 3.40. The first-order valence-electron chi connectivity index (χ1n) is 4.88. The van der Waals surface area contributed by atoms with Crippen LogP contribution in [0, 0.1) is 0 Å². The van der Waals surface area contributed by atoms with Crippen molar-refractivity contribution in [3.63, 3.8) is 0 Å². The van der Waals surface area contributed by atoms with E-state index in [0.29, 0.717) is 18.4 Å². The molecule has 0 amide bonds. The minimum absolute atomic E-state index is 0.0501. The highest BCUT2D eigenvalue weighted by Crippen LogP contribution is 2.40. The van der Waals surface area contributed by atoms with Gasteiger partial charge < -0.3 is 5.11 Å². The molecule has 1 N–H and O–H groups in total. The molecule has 16 heavy (non-hydrogen) atoms. The molecular formula is C11H10ClF3O. The van der Waals surface area contributed by atoms with Crippen molar-refractivity contribution < 1.29 is 18.3 Å². The average molecular weight is 251 g/mol. The third kappa shape index (κ3) is 2.68. The molecule has 1 aliphatic rings. The lowest BCUT2D eigenvalue weighted by atomic mass is 10.0. The highest BCUT2D eigenvalue weighted by atomic mass is 35.5. The highest BCUT2D eigenvalue weighted by molar-refractivity contribution is 6.30. The van der Waals surface area contributed by atoms with E-state index in [9.17, 15) is 18.3 Å². The van der Waals surface area contributed by atoms with E-state index in [-0.39, 0.29) is 11.4 Å². The van der Waals surface area contributed by atoms with Crippen molar-refractivity contribution in [2.24, 2.45) is 0 Å². The number of hydrogen-bond acceptors (Lipinski definition) is 1. The number of rotatable bonds is 2. The molecule has 0 heterocycles. The van der Waals surface area contributed by atoms with E-state index in [1.807, 2.05) is 0 Å². The zero-order valence-electron chi connectivity index (χ0n) is 8.31. The lowest BCUT2D eigenvalue weighted by Gasteiger charge is -2.12. The topological polar surface area (TPSA) is 20.2 Å². The Hall–Kier alpha value is -0.740. The van der Waals surface area contributed by atoms with Crippen molar-refractivity contribution in [2.45, 2.75) is 31.0 Å². The minimum atomic E-state index is -4.40. The van der Waals surface area contributed by atoms with Gasteiger partial charge in [-0.15, -0.1) is 0 Å².